The monoisotopic (exact) mass is 446 g/mol. The van der Waals surface area contributed by atoms with Crippen molar-refractivity contribution in [1.29, 1.82) is 0 Å². The number of likely N-dealkylation sites (N-methyl/N-ethyl adjacent to an activating group) is 1. The SMILES string of the molecule is CN1CCN(CC(=O)N2Cc3[nH]nc(NC(=O)CCc4ccc5ccccc5c4)c3C2)CC1. The quantitative estimate of drug-likeness (QED) is 0.607. The number of carbonyl (C=O) groups is 2. The van der Waals surface area contributed by atoms with Crippen LogP contribution in [0.15, 0.2) is 42.5 Å². The predicted molar refractivity (Wildman–Crippen MR) is 128 cm³/mol. The van der Waals surface area contributed by atoms with E-state index in [-0.39, 0.29) is 11.8 Å². The summed E-state index contributed by atoms with van der Waals surface area (Å²) >= 11 is 0. The summed E-state index contributed by atoms with van der Waals surface area (Å²) in [6, 6.07) is 14.5. The van der Waals surface area contributed by atoms with Crippen molar-refractivity contribution in [3.8, 4) is 0 Å². The molecule has 3 heterocycles. The number of rotatable bonds is 6. The molecule has 8 nitrogen and oxygen atoms in total. The molecule has 5 rings (SSSR count). The first-order valence-corrected chi connectivity index (χ1v) is 11.6. The highest BCUT2D eigenvalue weighted by Crippen LogP contribution is 2.27. The summed E-state index contributed by atoms with van der Waals surface area (Å²) in [5, 5.41) is 12.6. The number of aryl methyl sites for hydroxylation is 1. The van der Waals surface area contributed by atoms with Gasteiger partial charge in [-0.15, -0.1) is 0 Å². The normalized spacial score (nSPS) is 16.8. The molecule has 2 amide bonds. The first kappa shape index (κ1) is 21.6. The molecule has 172 valence electrons. The summed E-state index contributed by atoms with van der Waals surface area (Å²) in [5.74, 6) is 0.598. The lowest BCUT2D eigenvalue weighted by atomic mass is 10.0. The van der Waals surface area contributed by atoms with Crippen LogP contribution in [0.25, 0.3) is 10.8 Å². The molecule has 2 N–H and O–H groups in total. The van der Waals surface area contributed by atoms with Gasteiger partial charge in [0, 0.05) is 38.2 Å². The summed E-state index contributed by atoms with van der Waals surface area (Å²) < 4.78 is 0. The lowest BCUT2D eigenvalue weighted by Gasteiger charge is -2.32. The van der Waals surface area contributed by atoms with Crippen molar-refractivity contribution < 1.29 is 9.59 Å². The van der Waals surface area contributed by atoms with Crippen LogP contribution in [0.2, 0.25) is 0 Å². The van der Waals surface area contributed by atoms with E-state index in [9.17, 15) is 9.59 Å². The molecule has 33 heavy (non-hydrogen) atoms. The number of piperazine rings is 1. The second-order valence-corrected chi connectivity index (χ2v) is 9.09. The van der Waals surface area contributed by atoms with Crippen LogP contribution in [-0.4, -0.2) is 76.5 Å². The molecule has 0 atom stereocenters. The number of aromatic amines is 1. The Morgan fingerprint density at radius 1 is 1.03 bits per heavy atom. The van der Waals surface area contributed by atoms with Gasteiger partial charge in [-0.3, -0.25) is 19.6 Å². The van der Waals surface area contributed by atoms with Gasteiger partial charge in [0.05, 0.1) is 25.3 Å². The highest BCUT2D eigenvalue weighted by Gasteiger charge is 2.30. The van der Waals surface area contributed by atoms with Gasteiger partial charge in [0.25, 0.3) is 0 Å². The molecule has 0 aliphatic carbocycles. The molecule has 1 saturated heterocycles. The van der Waals surface area contributed by atoms with Crippen LogP contribution in [0.3, 0.4) is 0 Å². The lowest BCUT2D eigenvalue weighted by Crippen LogP contribution is -2.48. The van der Waals surface area contributed by atoms with Crippen LogP contribution in [-0.2, 0) is 29.1 Å². The molecule has 1 aromatic heterocycles. The van der Waals surface area contributed by atoms with Crippen molar-refractivity contribution in [3.63, 3.8) is 0 Å². The Labute approximate surface area is 193 Å². The Balaban J connectivity index is 1.14. The van der Waals surface area contributed by atoms with E-state index in [4.69, 9.17) is 0 Å². The third-order valence-electron chi connectivity index (χ3n) is 6.67. The van der Waals surface area contributed by atoms with E-state index in [2.05, 4.69) is 62.7 Å². The summed E-state index contributed by atoms with van der Waals surface area (Å²) in [7, 11) is 2.11. The fourth-order valence-corrected chi connectivity index (χ4v) is 4.56. The molecule has 3 aromatic rings. The Morgan fingerprint density at radius 3 is 2.64 bits per heavy atom. The number of H-pyrrole nitrogens is 1. The van der Waals surface area contributed by atoms with Gasteiger partial charge in [-0.05, 0) is 29.8 Å². The molecule has 2 aliphatic rings. The van der Waals surface area contributed by atoms with Gasteiger partial charge in [-0.2, -0.15) is 5.10 Å². The van der Waals surface area contributed by atoms with Crippen LogP contribution in [0.4, 0.5) is 5.82 Å². The standard InChI is InChI=1S/C25H30N6O2/c1-29-10-12-30(13-11-29)17-24(33)31-15-21-22(16-31)27-28-25(21)26-23(32)9-7-18-6-8-19-4-2-3-5-20(19)14-18/h2-6,8,14H,7,9-13,15-17H2,1H3,(H2,26,27,28,32). The number of nitrogens with zero attached hydrogens (tertiary/aromatic N) is 4. The van der Waals surface area contributed by atoms with E-state index in [1.807, 2.05) is 17.0 Å². The van der Waals surface area contributed by atoms with Crippen LogP contribution in [0.1, 0.15) is 23.2 Å². The van der Waals surface area contributed by atoms with Crippen molar-refractivity contribution in [2.75, 3.05) is 45.1 Å². The maximum atomic E-state index is 12.8. The summed E-state index contributed by atoms with van der Waals surface area (Å²) in [5.41, 5.74) is 2.96. The van der Waals surface area contributed by atoms with E-state index in [1.54, 1.807) is 0 Å². The van der Waals surface area contributed by atoms with Gasteiger partial charge < -0.3 is 15.1 Å². The van der Waals surface area contributed by atoms with Crippen molar-refractivity contribution in [1.82, 2.24) is 24.9 Å². The Kier molecular flexibility index (Phi) is 6.11. The minimum atomic E-state index is -0.0697. The third-order valence-corrected chi connectivity index (χ3v) is 6.67. The van der Waals surface area contributed by atoms with E-state index >= 15 is 0 Å². The van der Waals surface area contributed by atoms with Gasteiger partial charge in [0.1, 0.15) is 0 Å². The molecule has 0 radical (unpaired) electrons. The molecule has 0 spiro atoms. The minimum absolute atomic E-state index is 0.0697. The Bertz CT molecular complexity index is 1160. The number of anilines is 1. The molecule has 0 saturated carbocycles. The molecule has 0 bridgehead atoms. The molecular weight excluding hydrogens is 416 g/mol. The Hall–Kier alpha value is -3.23. The highest BCUT2D eigenvalue weighted by atomic mass is 16.2. The average molecular weight is 447 g/mol. The van der Waals surface area contributed by atoms with E-state index < -0.39 is 0 Å². The van der Waals surface area contributed by atoms with Crippen molar-refractivity contribution in [2.24, 2.45) is 0 Å². The number of nitrogens with one attached hydrogen (secondary N) is 2. The molecular formula is C25H30N6O2. The number of fused-ring (bicyclic) bond motifs is 2. The molecule has 2 aliphatic heterocycles. The average Bonchev–Trinajstić information content (AvgIpc) is 3.41. The lowest BCUT2D eigenvalue weighted by molar-refractivity contribution is -0.133. The Morgan fingerprint density at radius 2 is 1.82 bits per heavy atom. The van der Waals surface area contributed by atoms with Crippen LogP contribution in [0, 0.1) is 0 Å². The van der Waals surface area contributed by atoms with Gasteiger partial charge in [0.15, 0.2) is 5.82 Å². The zero-order valence-electron chi connectivity index (χ0n) is 19.0. The minimum Gasteiger partial charge on any atom is -0.331 e. The first-order chi connectivity index (χ1) is 16.0. The van der Waals surface area contributed by atoms with Gasteiger partial charge in [-0.25, -0.2) is 0 Å². The van der Waals surface area contributed by atoms with E-state index in [1.165, 1.54) is 10.8 Å². The number of carbonyl (C=O) groups excluding carboxylic acids is 2. The fraction of sp³-hybridized carbons (Fsp3) is 0.400. The topological polar surface area (TPSA) is 84.6 Å². The number of hydrogen-bond acceptors (Lipinski definition) is 5. The van der Waals surface area contributed by atoms with Crippen LogP contribution < -0.4 is 5.32 Å². The van der Waals surface area contributed by atoms with E-state index in [0.29, 0.717) is 38.3 Å². The van der Waals surface area contributed by atoms with Gasteiger partial charge >= 0.3 is 0 Å². The summed E-state index contributed by atoms with van der Waals surface area (Å²) in [6.45, 7) is 5.26. The van der Waals surface area contributed by atoms with Crippen molar-refractivity contribution in [2.45, 2.75) is 25.9 Å². The number of hydrogen-bond donors (Lipinski definition) is 2. The number of amides is 2. The zero-order chi connectivity index (χ0) is 22.8. The first-order valence-electron chi connectivity index (χ1n) is 11.6. The molecule has 2 aromatic carbocycles. The van der Waals surface area contributed by atoms with Crippen molar-refractivity contribution in [3.05, 3.63) is 59.3 Å². The number of benzene rings is 2. The van der Waals surface area contributed by atoms with Crippen LogP contribution >= 0.6 is 0 Å². The molecule has 1 fully saturated rings. The summed E-state index contributed by atoms with van der Waals surface area (Å²) in [4.78, 5) is 31.7. The smallest absolute Gasteiger partial charge is 0.237 e. The largest absolute Gasteiger partial charge is 0.331 e. The molecule has 8 heteroatoms. The van der Waals surface area contributed by atoms with E-state index in [0.717, 1.165) is 43.0 Å². The van der Waals surface area contributed by atoms with Gasteiger partial charge in [0.2, 0.25) is 11.8 Å². The fourth-order valence-electron chi connectivity index (χ4n) is 4.56. The zero-order valence-corrected chi connectivity index (χ0v) is 19.0. The van der Waals surface area contributed by atoms with Gasteiger partial charge in [-0.1, -0.05) is 42.5 Å². The third kappa shape index (κ3) is 4.91. The second kappa shape index (κ2) is 9.33. The summed E-state index contributed by atoms with van der Waals surface area (Å²) in [6.07, 6.45) is 1.05. The second-order valence-electron chi connectivity index (χ2n) is 9.09. The maximum absolute atomic E-state index is 12.8. The van der Waals surface area contributed by atoms with Crippen molar-refractivity contribution >= 4 is 28.4 Å². The maximum Gasteiger partial charge on any atom is 0.237 e. The van der Waals surface area contributed by atoms with Crippen LogP contribution in [0.5, 0.6) is 0 Å². The highest BCUT2D eigenvalue weighted by molar-refractivity contribution is 5.91. The predicted octanol–water partition coefficient (Wildman–Crippen LogP) is 2.22. The molecule has 0 unspecified atom stereocenters. The number of aromatic nitrogens is 2.